The van der Waals surface area contributed by atoms with E-state index in [4.69, 9.17) is 17.3 Å². The Kier molecular flexibility index (Phi) is 3.51. The van der Waals surface area contributed by atoms with E-state index in [1.54, 1.807) is 0 Å². The number of hydrogen-bond donors (Lipinski definition) is 1. The fraction of sp³-hybridized carbons (Fsp3) is 0.200. The smallest absolute Gasteiger partial charge is 0.0569 e. The van der Waals surface area contributed by atoms with Gasteiger partial charge in [-0.1, -0.05) is 54.1 Å². The minimum atomic E-state index is -0.163. The maximum absolute atomic E-state index is 6.31. The van der Waals surface area contributed by atoms with Gasteiger partial charge >= 0.3 is 0 Å². The zero-order chi connectivity index (χ0) is 12.4. The van der Waals surface area contributed by atoms with Gasteiger partial charge in [0.15, 0.2) is 0 Å². The first-order valence-corrected chi connectivity index (χ1v) is 6.05. The predicted molar refractivity (Wildman–Crippen MR) is 73.4 cm³/mol. The lowest BCUT2D eigenvalue weighted by atomic mass is 9.95. The molecule has 0 aromatic heterocycles. The average molecular weight is 246 g/mol. The lowest BCUT2D eigenvalue weighted by Gasteiger charge is -2.17. The summed E-state index contributed by atoms with van der Waals surface area (Å²) in [6, 6.07) is 14.0. The van der Waals surface area contributed by atoms with Crippen LogP contribution >= 0.6 is 11.6 Å². The van der Waals surface area contributed by atoms with Crippen molar-refractivity contribution in [2.75, 3.05) is 0 Å². The molecule has 0 aliphatic rings. The van der Waals surface area contributed by atoms with Crippen molar-refractivity contribution < 1.29 is 0 Å². The Morgan fingerprint density at radius 2 is 1.47 bits per heavy atom. The standard InChI is InChI=1S/C15H16ClN/c1-10-6-3-4-8-12(10)15(17)13-9-5-7-11(2)14(13)16/h3-9,15H,17H2,1-2H3. The molecule has 0 radical (unpaired) electrons. The molecule has 0 aliphatic heterocycles. The Hall–Kier alpha value is -1.31. The molecule has 0 aliphatic carbocycles. The fourth-order valence-electron chi connectivity index (χ4n) is 2.01. The number of aryl methyl sites for hydroxylation is 2. The molecule has 0 saturated carbocycles. The molecule has 2 N–H and O–H groups in total. The quantitative estimate of drug-likeness (QED) is 0.850. The molecule has 0 heterocycles. The third-order valence-corrected chi connectivity index (χ3v) is 3.60. The van der Waals surface area contributed by atoms with Crippen LogP contribution in [0.5, 0.6) is 0 Å². The molecule has 0 fully saturated rings. The topological polar surface area (TPSA) is 26.0 Å². The molecule has 1 unspecified atom stereocenters. The number of nitrogens with two attached hydrogens (primary N) is 1. The zero-order valence-corrected chi connectivity index (χ0v) is 10.8. The second kappa shape index (κ2) is 4.91. The first kappa shape index (κ1) is 12.2. The largest absolute Gasteiger partial charge is 0.320 e. The highest BCUT2D eigenvalue weighted by Gasteiger charge is 2.14. The first-order valence-electron chi connectivity index (χ1n) is 5.67. The van der Waals surface area contributed by atoms with Crippen LogP contribution in [-0.4, -0.2) is 0 Å². The number of halogens is 1. The summed E-state index contributed by atoms with van der Waals surface area (Å²) in [4.78, 5) is 0. The van der Waals surface area contributed by atoms with Crippen molar-refractivity contribution in [2.45, 2.75) is 19.9 Å². The highest BCUT2D eigenvalue weighted by molar-refractivity contribution is 6.32. The fourth-order valence-corrected chi connectivity index (χ4v) is 2.26. The van der Waals surface area contributed by atoms with Gasteiger partial charge in [-0.15, -0.1) is 0 Å². The molecule has 1 atom stereocenters. The van der Waals surface area contributed by atoms with E-state index >= 15 is 0 Å². The zero-order valence-electron chi connectivity index (χ0n) is 10.1. The molecule has 17 heavy (non-hydrogen) atoms. The monoisotopic (exact) mass is 245 g/mol. The Balaban J connectivity index is 2.48. The van der Waals surface area contributed by atoms with Crippen molar-refractivity contribution in [1.82, 2.24) is 0 Å². The molecule has 0 spiro atoms. The highest BCUT2D eigenvalue weighted by atomic mass is 35.5. The lowest BCUT2D eigenvalue weighted by Crippen LogP contribution is -2.14. The van der Waals surface area contributed by atoms with Gasteiger partial charge in [0, 0.05) is 5.02 Å². The van der Waals surface area contributed by atoms with E-state index in [-0.39, 0.29) is 6.04 Å². The minimum Gasteiger partial charge on any atom is -0.320 e. The van der Waals surface area contributed by atoms with Crippen LogP contribution in [0, 0.1) is 13.8 Å². The maximum atomic E-state index is 6.31. The van der Waals surface area contributed by atoms with Gasteiger partial charge in [-0.2, -0.15) is 0 Å². The molecule has 0 amide bonds. The van der Waals surface area contributed by atoms with Gasteiger partial charge < -0.3 is 5.73 Å². The molecule has 2 rings (SSSR count). The number of hydrogen-bond acceptors (Lipinski definition) is 1. The molecule has 2 aromatic rings. The normalized spacial score (nSPS) is 12.5. The van der Waals surface area contributed by atoms with Gasteiger partial charge in [0.25, 0.3) is 0 Å². The minimum absolute atomic E-state index is 0.163. The summed E-state index contributed by atoms with van der Waals surface area (Å²) >= 11 is 6.31. The second-order valence-electron chi connectivity index (χ2n) is 4.31. The van der Waals surface area contributed by atoms with Crippen molar-refractivity contribution in [3.63, 3.8) is 0 Å². The van der Waals surface area contributed by atoms with Crippen molar-refractivity contribution >= 4 is 11.6 Å². The van der Waals surface area contributed by atoms with Crippen LogP contribution in [0.15, 0.2) is 42.5 Å². The van der Waals surface area contributed by atoms with E-state index in [2.05, 4.69) is 19.1 Å². The molecule has 0 bridgehead atoms. The molecule has 2 aromatic carbocycles. The second-order valence-corrected chi connectivity index (χ2v) is 4.69. The number of rotatable bonds is 2. The summed E-state index contributed by atoms with van der Waals surface area (Å²) < 4.78 is 0. The van der Waals surface area contributed by atoms with E-state index in [1.807, 2.05) is 37.3 Å². The summed E-state index contributed by atoms with van der Waals surface area (Å²) in [5, 5.41) is 0.767. The van der Waals surface area contributed by atoms with E-state index in [1.165, 1.54) is 5.56 Å². The molecular formula is C15H16ClN. The van der Waals surface area contributed by atoms with Gasteiger partial charge in [0.05, 0.1) is 6.04 Å². The molecule has 0 saturated heterocycles. The third-order valence-electron chi connectivity index (χ3n) is 3.08. The predicted octanol–water partition coefficient (Wildman–Crippen LogP) is 4.00. The lowest BCUT2D eigenvalue weighted by molar-refractivity contribution is 0.860. The van der Waals surface area contributed by atoms with Gasteiger partial charge in [-0.05, 0) is 36.1 Å². The maximum Gasteiger partial charge on any atom is 0.0569 e. The van der Waals surface area contributed by atoms with Crippen LogP contribution in [0.3, 0.4) is 0 Å². The van der Waals surface area contributed by atoms with E-state index in [0.717, 1.165) is 21.7 Å². The first-order chi connectivity index (χ1) is 8.11. The molecule has 1 nitrogen and oxygen atoms in total. The van der Waals surface area contributed by atoms with E-state index in [0.29, 0.717) is 0 Å². The Morgan fingerprint density at radius 1 is 0.882 bits per heavy atom. The average Bonchev–Trinajstić information content (AvgIpc) is 2.32. The Bertz CT molecular complexity index is 534. The third kappa shape index (κ3) is 2.36. The van der Waals surface area contributed by atoms with Crippen molar-refractivity contribution in [3.8, 4) is 0 Å². The Labute approximate surface area is 107 Å². The van der Waals surface area contributed by atoms with Crippen LogP contribution in [0.4, 0.5) is 0 Å². The van der Waals surface area contributed by atoms with Crippen molar-refractivity contribution in [1.29, 1.82) is 0 Å². The van der Waals surface area contributed by atoms with E-state index < -0.39 is 0 Å². The summed E-state index contributed by atoms with van der Waals surface area (Å²) in [5.41, 5.74) is 10.7. The summed E-state index contributed by atoms with van der Waals surface area (Å²) in [6.45, 7) is 4.06. The summed E-state index contributed by atoms with van der Waals surface area (Å²) in [6.07, 6.45) is 0. The molecule has 2 heteroatoms. The van der Waals surface area contributed by atoms with Crippen LogP contribution < -0.4 is 5.73 Å². The van der Waals surface area contributed by atoms with Gasteiger partial charge in [-0.25, -0.2) is 0 Å². The highest BCUT2D eigenvalue weighted by Crippen LogP contribution is 2.30. The van der Waals surface area contributed by atoms with Crippen LogP contribution in [0.1, 0.15) is 28.3 Å². The SMILES string of the molecule is Cc1ccccc1C(N)c1cccc(C)c1Cl. The number of benzene rings is 2. The van der Waals surface area contributed by atoms with Crippen molar-refractivity contribution in [3.05, 3.63) is 69.7 Å². The summed E-state index contributed by atoms with van der Waals surface area (Å²) in [7, 11) is 0. The Morgan fingerprint density at radius 3 is 2.18 bits per heavy atom. The van der Waals surface area contributed by atoms with Crippen LogP contribution in [0.2, 0.25) is 5.02 Å². The molecular weight excluding hydrogens is 230 g/mol. The van der Waals surface area contributed by atoms with Crippen LogP contribution in [-0.2, 0) is 0 Å². The van der Waals surface area contributed by atoms with E-state index in [9.17, 15) is 0 Å². The summed E-state index contributed by atoms with van der Waals surface area (Å²) in [5.74, 6) is 0. The molecule has 88 valence electrons. The van der Waals surface area contributed by atoms with Gasteiger partial charge in [-0.3, -0.25) is 0 Å². The van der Waals surface area contributed by atoms with Gasteiger partial charge in [0.1, 0.15) is 0 Å². The van der Waals surface area contributed by atoms with Crippen LogP contribution in [0.25, 0.3) is 0 Å². The van der Waals surface area contributed by atoms with Gasteiger partial charge in [0.2, 0.25) is 0 Å². The van der Waals surface area contributed by atoms with Crippen molar-refractivity contribution in [2.24, 2.45) is 5.73 Å².